The first kappa shape index (κ1) is 20.4. The van der Waals surface area contributed by atoms with E-state index < -0.39 is 0 Å². The molecule has 0 unspecified atom stereocenters. The van der Waals surface area contributed by atoms with E-state index in [2.05, 4.69) is 29.5 Å². The van der Waals surface area contributed by atoms with Crippen molar-refractivity contribution in [3.63, 3.8) is 0 Å². The van der Waals surface area contributed by atoms with Gasteiger partial charge in [-0.05, 0) is 36.6 Å². The average Bonchev–Trinajstić information content (AvgIpc) is 3.02. The largest absolute Gasteiger partial charge is 0.356 e. The van der Waals surface area contributed by atoms with Crippen LogP contribution in [0.15, 0.2) is 34.0 Å². The predicted molar refractivity (Wildman–Crippen MR) is 104 cm³/mol. The molecule has 2 amide bonds. The summed E-state index contributed by atoms with van der Waals surface area (Å²) in [4.78, 5) is 28.1. The van der Waals surface area contributed by atoms with Crippen LogP contribution in [0, 0.1) is 11.7 Å². The highest BCUT2D eigenvalue weighted by atomic mass is 32.2. The molecule has 2 rings (SSSR count). The molecule has 1 aromatic heterocycles. The number of amides is 2. The Morgan fingerprint density at radius 1 is 1.23 bits per heavy atom. The fourth-order valence-electron chi connectivity index (χ4n) is 2.02. The van der Waals surface area contributed by atoms with Gasteiger partial charge in [-0.15, -0.1) is 11.3 Å². The zero-order valence-corrected chi connectivity index (χ0v) is 16.4. The van der Waals surface area contributed by atoms with Crippen molar-refractivity contribution in [2.45, 2.75) is 31.0 Å². The Morgan fingerprint density at radius 2 is 1.96 bits per heavy atom. The monoisotopic (exact) mass is 395 g/mol. The molecule has 0 spiro atoms. The molecule has 0 saturated heterocycles. The summed E-state index contributed by atoms with van der Waals surface area (Å²) in [5.41, 5.74) is 1.26. The Morgan fingerprint density at radius 3 is 2.65 bits per heavy atom. The smallest absolute Gasteiger partial charge is 0.234 e. The molecule has 8 heteroatoms. The van der Waals surface area contributed by atoms with E-state index in [-0.39, 0.29) is 29.8 Å². The Bertz CT molecular complexity index is 732. The van der Waals surface area contributed by atoms with Crippen LogP contribution in [0.3, 0.4) is 0 Å². The first-order valence-electron chi connectivity index (χ1n) is 8.31. The SMILES string of the molecule is CC(C)CCNC(=O)Cc1csc(SCC(=O)Nc2ccc(F)cc2)n1. The van der Waals surface area contributed by atoms with Gasteiger partial charge in [0.05, 0.1) is 17.9 Å². The van der Waals surface area contributed by atoms with Gasteiger partial charge < -0.3 is 10.6 Å². The van der Waals surface area contributed by atoms with E-state index in [4.69, 9.17) is 0 Å². The lowest BCUT2D eigenvalue weighted by molar-refractivity contribution is -0.120. The van der Waals surface area contributed by atoms with E-state index in [1.165, 1.54) is 47.4 Å². The van der Waals surface area contributed by atoms with Crippen LogP contribution in [0.1, 0.15) is 26.0 Å². The van der Waals surface area contributed by atoms with E-state index in [0.717, 1.165) is 10.8 Å². The summed E-state index contributed by atoms with van der Waals surface area (Å²) in [5, 5.41) is 7.41. The second-order valence-corrected chi connectivity index (χ2v) is 8.24. The van der Waals surface area contributed by atoms with Gasteiger partial charge >= 0.3 is 0 Å². The standard InChI is InChI=1S/C18H22FN3O2S2/c1-12(2)7-8-20-16(23)9-15-10-25-18(22-15)26-11-17(24)21-14-5-3-13(19)4-6-14/h3-6,10,12H,7-9,11H2,1-2H3,(H,20,23)(H,21,24). The lowest BCUT2D eigenvalue weighted by Crippen LogP contribution is -2.26. The van der Waals surface area contributed by atoms with Gasteiger partial charge in [0.25, 0.3) is 0 Å². The zero-order chi connectivity index (χ0) is 18.9. The Hall–Kier alpha value is -1.93. The van der Waals surface area contributed by atoms with Crippen molar-refractivity contribution in [3.05, 3.63) is 41.2 Å². The van der Waals surface area contributed by atoms with Gasteiger partial charge in [0.2, 0.25) is 11.8 Å². The second-order valence-electron chi connectivity index (χ2n) is 6.16. The molecule has 5 nitrogen and oxygen atoms in total. The van der Waals surface area contributed by atoms with Crippen molar-refractivity contribution in [1.29, 1.82) is 0 Å². The number of hydrogen-bond acceptors (Lipinski definition) is 5. The quantitative estimate of drug-likeness (QED) is 0.635. The first-order valence-corrected chi connectivity index (χ1v) is 10.2. The van der Waals surface area contributed by atoms with Crippen molar-refractivity contribution in [2.75, 3.05) is 17.6 Å². The predicted octanol–water partition coefficient (Wildman–Crippen LogP) is 3.72. The number of carbonyl (C=O) groups excluding carboxylic acids is 2. The third-order valence-electron chi connectivity index (χ3n) is 3.37. The minimum absolute atomic E-state index is 0.0402. The molecule has 0 radical (unpaired) electrons. The molecule has 0 aliphatic rings. The maximum absolute atomic E-state index is 12.8. The molecule has 0 atom stereocenters. The Balaban J connectivity index is 1.72. The number of carbonyl (C=O) groups is 2. The second kappa shape index (κ2) is 10.3. The van der Waals surface area contributed by atoms with E-state index in [1.54, 1.807) is 0 Å². The van der Waals surface area contributed by atoms with Crippen molar-refractivity contribution >= 4 is 40.6 Å². The number of nitrogens with zero attached hydrogens (tertiary/aromatic N) is 1. The van der Waals surface area contributed by atoms with Gasteiger partial charge in [-0.3, -0.25) is 9.59 Å². The first-order chi connectivity index (χ1) is 12.4. The number of rotatable bonds is 9. The zero-order valence-electron chi connectivity index (χ0n) is 14.8. The summed E-state index contributed by atoms with van der Waals surface area (Å²) in [5.74, 6) is 0.177. The van der Waals surface area contributed by atoms with Crippen LogP contribution in [-0.4, -0.2) is 29.1 Å². The molecule has 0 fully saturated rings. The van der Waals surface area contributed by atoms with Crippen LogP contribution in [0.5, 0.6) is 0 Å². The molecule has 0 bridgehead atoms. The van der Waals surface area contributed by atoms with Gasteiger partial charge in [0.15, 0.2) is 4.34 Å². The Kier molecular flexibility index (Phi) is 8.06. The molecule has 1 heterocycles. The third kappa shape index (κ3) is 7.53. The molecule has 26 heavy (non-hydrogen) atoms. The number of thioether (sulfide) groups is 1. The fraction of sp³-hybridized carbons (Fsp3) is 0.389. The van der Waals surface area contributed by atoms with E-state index >= 15 is 0 Å². The minimum atomic E-state index is -0.346. The Labute approximate surface area is 160 Å². The van der Waals surface area contributed by atoms with Gasteiger partial charge in [0, 0.05) is 17.6 Å². The van der Waals surface area contributed by atoms with Crippen molar-refractivity contribution in [2.24, 2.45) is 5.92 Å². The minimum Gasteiger partial charge on any atom is -0.356 e. The number of nitrogens with one attached hydrogen (secondary N) is 2. The summed E-state index contributed by atoms with van der Waals surface area (Å²) in [7, 11) is 0. The molecule has 140 valence electrons. The molecule has 0 saturated carbocycles. The number of aromatic nitrogens is 1. The lowest BCUT2D eigenvalue weighted by atomic mass is 10.1. The summed E-state index contributed by atoms with van der Waals surface area (Å²) in [6.45, 7) is 4.90. The summed E-state index contributed by atoms with van der Waals surface area (Å²) >= 11 is 2.72. The van der Waals surface area contributed by atoms with Gasteiger partial charge in [-0.2, -0.15) is 0 Å². The maximum atomic E-state index is 12.8. The third-order valence-corrected chi connectivity index (χ3v) is 5.44. The summed E-state index contributed by atoms with van der Waals surface area (Å²) in [6.07, 6.45) is 1.20. The van der Waals surface area contributed by atoms with E-state index in [1.807, 2.05) is 5.38 Å². The van der Waals surface area contributed by atoms with Crippen molar-refractivity contribution in [1.82, 2.24) is 10.3 Å². The van der Waals surface area contributed by atoms with Crippen LogP contribution in [0.25, 0.3) is 0 Å². The fourth-order valence-corrected chi connectivity index (χ4v) is 3.67. The topological polar surface area (TPSA) is 71.1 Å². The number of benzene rings is 1. The highest BCUT2D eigenvalue weighted by Crippen LogP contribution is 2.23. The highest BCUT2D eigenvalue weighted by molar-refractivity contribution is 8.01. The molecule has 0 aliphatic carbocycles. The molecular weight excluding hydrogens is 373 g/mol. The van der Waals surface area contributed by atoms with E-state index in [0.29, 0.717) is 23.8 Å². The van der Waals surface area contributed by atoms with E-state index in [9.17, 15) is 14.0 Å². The van der Waals surface area contributed by atoms with Crippen LogP contribution in [0.2, 0.25) is 0 Å². The maximum Gasteiger partial charge on any atom is 0.234 e. The van der Waals surface area contributed by atoms with Gasteiger partial charge in [-0.25, -0.2) is 9.37 Å². The van der Waals surface area contributed by atoms with Crippen LogP contribution in [0.4, 0.5) is 10.1 Å². The highest BCUT2D eigenvalue weighted by Gasteiger charge is 2.10. The average molecular weight is 396 g/mol. The van der Waals surface area contributed by atoms with Gasteiger partial charge in [0.1, 0.15) is 5.82 Å². The number of thiazole rings is 1. The molecule has 2 aromatic rings. The molecule has 2 N–H and O–H groups in total. The number of hydrogen-bond donors (Lipinski definition) is 2. The van der Waals surface area contributed by atoms with Crippen LogP contribution in [-0.2, 0) is 16.0 Å². The normalized spacial score (nSPS) is 10.8. The van der Waals surface area contributed by atoms with Crippen LogP contribution < -0.4 is 10.6 Å². The van der Waals surface area contributed by atoms with Crippen LogP contribution >= 0.6 is 23.1 Å². The lowest BCUT2D eigenvalue weighted by Gasteiger charge is -2.06. The number of halogens is 1. The molecule has 1 aromatic carbocycles. The molecule has 0 aliphatic heterocycles. The van der Waals surface area contributed by atoms with Gasteiger partial charge in [-0.1, -0.05) is 25.6 Å². The summed E-state index contributed by atoms with van der Waals surface area (Å²) < 4.78 is 13.6. The number of anilines is 1. The summed E-state index contributed by atoms with van der Waals surface area (Å²) in [6, 6.07) is 5.61. The molecular formula is C18H22FN3O2S2. The van der Waals surface area contributed by atoms with Crippen molar-refractivity contribution in [3.8, 4) is 0 Å². The van der Waals surface area contributed by atoms with Crippen molar-refractivity contribution < 1.29 is 14.0 Å².